The molecule has 0 heterocycles. The molecule has 0 aliphatic heterocycles. The second kappa shape index (κ2) is 9.67. The largest absolute Gasteiger partial charge is 0.493 e. The molecule has 142 valence electrons. The minimum Gasteiger partial charge on any atom is -0.493 e. The zero-order chi connectivity index (χ0) is 19.8. The van der Waals surface area contributed by atoms with Gasteiger partial charge in [-0.2, -0.15) is 5.10 Å². The van der Waals surface area contributed by atoms with Gasteiger partial charge >= 0.3 is 0 Å². The Hall–Kier alpha value is -2.94. The number of hydrogen-bond acceptors (Lipinski definition) is 6. The summed E-state index contributed by atoms with van der Waals surface area (Å²) < 4.78 is 11.7. The molecule has 1 N–H and O–H groups in total. The molecule has 8 nitrogen and oxygen atoms in total. The SMILES string of the molecule is CCCOc1cc(Br)c(/C=N/NC(=O)c2ccc([N+](=O)[O-])cc2)cc1OC. The summed E-state index contributed by atoms with van der Waals surface area (Å²) in [7, 11) is 1.54. The van der Waals surface area contributed by atoms with E-state index in [9.17, 15) is 14.9 Å². The highest BCUT2D eigenvalue weighted by Gasteiger charge is 2.10. The predicted molar refractivity (Wildman–Crippen MR) is 105 cm³/mol. The smallest absolute Gasteiger partial charge is 0.271 e. The fraction of sp³-hybridized carbons (Fsp3) is 0.222. The van der Waals surface area contributed by atoms with E-state index < -0.39 is 10.8 Å². The van der Waals surface area contributed by atoms with Crippen LogP contribution in [0.5, 0.6) is 11.5 Å². The van der Waals surface area contributed by atoms with Gasteiger partial charge in [0.05, 0.1) is 24.9 Å². The molecule has 2 aromatic carbocycles. The van der Waals surface area contributed by atoms with E-state index in [2.05, 4.69) is 26.5 Å². The van der Waals surface area contributed by atoms with E-state index in [1.54, 1.807) is 19.2 Å². The van der Waals surface area contributed by atoms with Crippen LogP contribution in [0.4, 0.5) is 5.69 Å². The lowest BCUT2D eigenvalue weighted by Crippen LogP contribution is -2.17. The predicted octanol–water partition coefficient (Wildman–Crippen LogP) is 3.92. The van der Waals surface area contributed by atoms with E-state index in [0.29, 0.717) is 23.7 Å². The van der Waals surface area contributed by atoms with E-state index in [-0.39, 0.29) is 11.3 Å². The molecule has 27 heavy (non-hydrogen) atoms. The van der Waals surface area contributed by atoms with E-state index in [1.165, 1.54) is 30.5 Å². The van der Waals surface area contributed by atoms with Crippen LogP contribution in [0.25, 0.3) is 0 Å². The van der Waals surface area contributed by atoms with Gasteiger partial charge in [0.1, 0.15) is 0 Å². The maximum absolute atomic E-state index is 12.0. The second-order valence-corrected chi connectivity index (χ2v) is 6.23. The Bertz CT molecular complexity index is 853. The van der Waals surface area contributed by atoms with Crippen molar-refractivity contribution >= 4 is 33.7 Å². The summed E-state index contributed by atoms with van der Waals surface area (Å²) in [4.78, 5) is 22.2. The van der Waals surface area contributed by atoms with Gasteiger partial charge in [0.2, 0.25) is 0 Å². The van der Waals surface area contributed by atoms with Crippen LogP contribution >= 0.6 is 15.9 Å². The van der Waals surface area contributed by atoms with Crippen molar-refractivity contribution in [3.8, 4) is 11.5 Å². The number of nitro groups is 1. The van der Waals surface area contributed by atoms with Crippen LogP contribution in [0.15, 0.2) is 46.0 Å². The normalized spacial score (nSPS) is 10.6. The van der Waals surface area contributed by atoms with Crippen molar-refractivity contribution in [3.63, 3.8) is 0 Å². The summed E-state index contributed by atoms with van der Waals surface area (Å²) in [5, 5.41) is 14.6. The molecule has 0 saturated carbocycles. The highest BCUT2D eigenvalue weighted by molar-refractivity contribution is 9.10. The van der Waals surface area contributed by atoms with Crippen LogP contribution < -0.4 is 14.9 Å². The number of ether oxygens (including phenoxy) is 2. The molecule has 0 aromatic heterocycles. The van der Waals surface area contributed by atoms with Crippen molar-refractivity contribution in [1.82, 2.24) is 5.43 Å². The average molecular weight is 436 g/mol. The first-order valence-electron chi connectivity index (χ1n) is 8.04. The van der Waals surface area contributed by atoms with Crippen molar-refractivity contribution in [3.05, 3.63) is 62.1 Å². The first kappa shape index (κ1) is 20.4. The van der Waals surface area contributed by atoms with Crippen molar-refractivity contribution in [2.75, 3.05) is 13.7 Å². The van der Waals surface area contributed by atoms with Gasteiger partial charge in [-0.15, -0.1) is 0 Å². The lowest BCUT2D eigenvalue weighted by Gasteiger charge is -2.12. The zero-order valence-corrected chi connectivity index (χ0v) is 16.4. The second-order valence-electron chi connectivity index (χ2n) is 5.38. The molecule has 0 bridgehead atoms. The Morgan fingerprint density at radius 1 is 1.30 bits per heavy atom. The number of amides is 1. The molecular formula is C18H18BrN3O5. The van der Waals surface area contributed by atoms with Gasteiger partial charge in [-0.05, 0) is 46.6 Å². The number of nitrogens with zero attached hydrogens (tertiary/aromatic N) is 2. The number of non-ortho nitro benzene ring substituents is 1. The molecule has 0 aliphatic rings. The number of nitrogens with one attached hydrogen (secondary N) is 1. The average Bonchev–Trinajstić information content (AvgIpc) is 2.67. The third-order valence-electron chi connectivity index (χ3n) is 3.45. The van der Waals surface area contributed by atoms with Gasteiger partial charge in [0.25, 0.3) is 11.6 Å². The lowest BCUT2D eigenvalue weighted by atomic mass is 10.2. The minimum absolute atomic E-state index is 0.0866. The van der Waals surface area contributed by atoms with Crippen LogP contribution in [0.1, 0.15) is 29.3 Å². The zero-order valence-electron chi connectivity index (χ0n) is 14.8. The monoisotopic (exact) mass is 435 g/mol. The number of halogens is 1. The van der Waals surface area contributed by atoms with Gasteiger partial charge in [-0.1, -0.05) is 6.92 Å². The summed E-state index contributed by atoms with van der Waals surface area (Å²) >= 11 is 3.43. The summed E-state index contributed by atoms with van der Waals surface area (Å²) in [6.07, 6.45) is 2.33. The molecule has 2 aromatic rings. The molecule has 0 atom stereocenters. The Morgan fingerprint density at radius 2 is 2.00 bits per heavy atom. The van der Waals surface area contributed by atoms with Crippen molar-refractivity contribution in [1.29, 1.82) is 0 Å². The number of methoxy groups -OCH3 is 1. The van der Waals surface area contributed by atoms with Crippen LogP contribution in [0.2, 0.25) is 0 Å². The fourth-order valence-electron chi connectivity index (χ4n) is 2.09. The number of rotatable bonds is 8. The Morgan fingerprint density at radius 3 is 2.59 bits per heavy atom. The summed E-state index contributed by atoms with van der Waals surface area (Å²) in [6, 6.07) is 8.75. The number of nitro benzene ring substituents is 1. The standard InChI is InChI=1S/C18H18BrN3O5/c1-3-8-27-17-10-15(19)13(9-16(17)26-2)11-20-21-18(23)12-4-6-14(7-5-12)22(24)25/h4-7,9-11H,3,8H2,1-2H3,(H,21,23)/b20-11+. The highest BCUT2D eigenvalue weighted by Crippen LogP contribution is 2.33. The number of hydrogen-bond donors (Lipinski definition) is 1. The van der Waals surface area contributed by atoms with E-state index in [1.807, 2.05) is 6.92 Å². The number of carbonyl (C=O) groups is 1. The molecule has 0 unspecified atom stereocenters. The number of benzene rings is 2. The molecule has 0 saturated heterocycles. The maximum atomic E-state index is 12.0. The first-order chi connectivity index (χ1) is 13.0. The van der Waals surface area contributed by atoms with Gasteiger partial charge in [-0.25, -0.2) is 5.43 Å². The summed E-state index contributed by atoms with van der Waals surface area (Å²) in [5.41, 5.74) is 3.23. The van der Waals surface area contributed by atoms with Crippen LogP contribution in [-0.4, -0.2) is 30.8 Å². The molecule has 0 fully saturated rings. The topological polar surface area (TPSA) is 103 Å². The van der Waals surface area contributed by atoms with E-state index >= 15 is 0 Å². The van der Waals surface area contributed by atoms with Crippen LogP contribution in [-0.2, 0) is 0 Å². The van der Waals surface area contributed by atoms with Gasteiger partial charge < -0.3 is 9.47 Å². The highest BCUT2D eigenvalue weighted by atomic mass is 79.9. The number of hydrazone groups is 1. The first-order valence-corrected chi connectivity index (χ1v) is 8.83. The molecule has 2 rings (SSSR count). The third-order valence-corrected chi connectivity index (χ3v) is 4.14. The minimum atomic E-state index is -0.529. The van der Waals surface area contributed by atoms with Crippen molar-refractivity contribution < 1.29 is 19.2 Å². The molecular weight excluding hydrogens is 418 g/mol. The summed E-state index contributed by atoms with van der Waals surface area (Å²) in [5.74, 6) is 0.681. The van der Waals surface area contributed by atoms with Crippen molar-refractivity contribution in [2.24, 2.45) is 5.10 Å². The van der Waals surface area contributed by atoms with Crippen LogP contribution in [0.3, 0.4) is 0 Å². The summed E-state index contributed by atoms with van der Waals surface area (Å²) in [6.45, 7) is 2.58. The quantitative estimate of drug-likeness (QED) is 0.384. The third kappa shape index (κ3) is 5.52. The molecule has 0 radical (unpaired) electrons. The maximum Gasteiger partial charge on any atom is 0.271 e. The van der Waals surface area contributed by atoms with Gasteiger partial charge in [0, 0.05) is 27.7 Å². The Kier molecular flexibility index (Phi) is 7.30. The fourth-order valence-corrected chi connectivity index (χ4v) is 2.52. The van der Waals surface area contributed by atoms with E-state index in [0.717, 1.165) is 10.9 Å². The molecule has 9 heteroatoms. The van der Waals surface area contributed by atoms with Crippen molar-refractivity contribution in [2.45, 2.75) is 13.3 Å². The molecule has 1 amide bonds. The number of carbonyl (C=O) groups excluding carboxylic acids is 1. The Balaban J connectivity index is 2.08. The Labute approximate surface area is 164 Å². The van der Waals surface area contributed by atoms with E-state index in [4.69, 9.17) is 9.47 Å². The van der Waals surface area contributed by atoms with Gasteiger partial charge in [-0.3, -0.25) is 14.9 Å². The molecule has 0 aliphatic carbocycles. The lowest BCUT2D eigenvalue weighted by molar-refractivity contribution is -0.384. The van der Waals surface area contributed by atoms with Gasteiger partial charge in [0.15, 0.2) is 11.5 Å². The van der Waals surface area contributed by atoms with Crippen LogP contribution in [0, 0.1) is 10.1 Å². The molecule has 0 spiro atoms.